The number of hydrogen-bond donors (Lipinski definition) is 1. The van der Waals surface area contributed by atoms with Crippen LogP contribution in [0.2, 0.25) is 0 Å². The Morgan fingerprint density at radius 1 is 1.15 bits per heavy atom. The van der Waals surface area contributed by atoms with Gasteiger partial charge in [0, 0.05) is 41.4 Å². The van der Waals surface area contributed by atoms with E-state index in [1.165, 1.54) is 17.0 Å². The van der Waals surface area contributed by atoms with Crippen molar-refractivity contribution >= 4 is 38.9 Å². The second-order valence-corrected chi connectivity index (χ2v) is 15.7. The molecule has 1 saturated carbocycles. The minimum atomic E-state index is -0.398. The number of likely N-dealkylation sites (tertiary alicyclic amines) is 1. The Bertz CT molecular complexity index is 1970. The van der Waals surface area contributed by atoms with E-state index in [9.17, 15) is 5.26 Å². The molecule has 4 aromatic rings. The first-order valence-electron chi connectivity index (χ1n) is 17.5. The van der Waals surface area contributed by atoms with Crippen LogP contribution in [-0.4, -0.2) is 75.4 Å². The largest absolute Gasteiger partial charge is 0.399 e. The van der Waals surface area contributed by atoms with Crippen LogP contribution in [0.25, 0.3) is 22.6 Å². The number of anilines is 2. The smallest absolute Gasteiger partial charge is 0.186 e. The predicted molar refractivity (Wildman–Crippen MR) is 184 cm³/mol. The fourth-order valence-electron chi connectivity index (χ4n) is 9.92. The van der Waals surface area contributed by atoms with Crippen LogP contribution in [0.4, 0.5) is 10.8 Å². The van der Waals surface area contributed by atoms with Gasteiger partial charge in [0.2, 0.25) is 0 Å². The first kappa shape index (κ1) is 30.1. The Morgan fingerprint density at radius 3 is 2.67 bits per heavy atom. The number of aromatic nitrogens is 5. The quantitative estimate of drug-likeness (QED) is 0.272. The number of likely N-dealkylation sites (N-methyl/N-ethyl adjacent to an activating group) is 1. The van der Waals surface area contributed by atoms with Gasteiger partial charge >= 0.3 is 0 Å². The second-order valence-electron chi connectivity index (χ2n) is 14.6. The van der Waals surface area contributed by atoms with E-state index in [1.54, 1.807) is 18.4 Å². The van der Waals surface area contributed by atoms with Crippen LogP contribution in [0.5, 0.6) is 0 Å². The Hall–Kier alpha value is -4.02. The molecule has 2 N–H and O–H groups in total. The Morgan fingerprint density at radius 2 is 1.94 bits per heavy atom. The lowest BCUT2D eigenvalue weighted by Crippen LogP contribution is -2.43. The summed E-state index contributed by atoms with van der Waals surface area (Å²) in [6.07, 6.45) is 12.1. The lowest BCUT2D eigenvalue weighted by Gasteiger charge is -2.39. The van der Waals surface area contributed by atoms with Gasteiger partial charge in [-0.05, 0) is 90.3 Å². The molecule has 1 spiro atoms. The third-order valence-corrected chi connectivity index (χ3v) is 13.2. The van der Waals surface area contributed by atoms with Crippen molar-refractivity contribution in [2.45, 2.75) is 88.6 Å². The molecule has 5 aliphatic rings. The third-order valence-electron chi connectivity index (χ3n) is 12.1. The molecule has 13 heteroatoms. The highest BCUT2D eigenvalue weighted by Gasteiger charge is 2.49. The van der Waals surface area contributed by atoms with Crippen molar-refractivity contribution in [3.8, 4) is 17.6 Å². The highest BCUT2D eigenvalue weighted by atomic mass is 32.1. The summed E-state index contributed by atoms with van der Waals surface area (Å²) >= 11 is 1.56. The number of aryl methyl sites for hydroxylation is 1. The number of oxime groups is 1. The molecule has 4 aromatic heterocycles. The van der Waals surface area contributed by atoms with Gasteiger partial charge in [-0.15, -0.1) is 11.3 Å². The molecule has 48 heavy (non-hydrogen) atoms. The Kier molecular flexibility index (Phi) is 7.06. The lowest BCUT2D eigenvalue weighted by atomic mass is 9.63. The molecule has 2 unspecified atom stereocenters. The lowest BCUT2D eigenvalue weighted by molar-refractivity contribution is 0.209. The Balaban J connectivity index is 1.19. The van der Waals surface area contributed by atoms with E-state index >= 15 is 0 Å². The van der Waals surface area contributed by atoms with Gasteiger partial charge < -0.3 is 24.9 Å². The number of nitrogens with zero attached hydrogens (tertiary/aromatic N) is 9. The summed E-state index contributed by atoms with van der Waals surface area (Å²) in [7, 11) is 3.85. The van der Waals surface area contributed by atoms with Crippen LogP contribution in [-0.2, 0) is 23.1 Å². The molecule has 5 atom stereocenters. The molecule has 3 fully saturated rings. The van der Waals surface area contributed by atoms with Crippen molar-refractivity contribution in [1.29, 1.82) is 5.26 Å². The molecule has 6 heterocycles. The molecule has 0 radical (unpaired) electrons. The third kappa shape index (κ3) is 4.30. The van der Waals surface area contributed by atoms with E-state index < -0.39 is 5.41 Å². The zero-order chi connectivity index (χ0) is 32.7. The van der Waals surface area contributed by atoms with Crippen LogP contribution in [0.3, 0.4) is 0 Å². The van der Waals surface area contributed by atoms with E-state index in [0.29, 0.717) is 40.0 Å². The van der Waals surface area contributed by atoms with Gasteiger partial charge in [-0.2, -0.15) is 10.4 Å². The molecule has 2 bridgehead atoms. The summed E-state index contributed by atoms with van der Waals surface area (Å²) in [5, 5.41) is 26.0. The van der Waals surface area contributed by atoms with E-state index in [4.69, 9.17) is 35.3 Å². The first-order chi connectivity index (χ1) is 23.4. The normalized spacial score (nSPS) is 27.3. The number of rotatable bonds is 5. The van der Waals surface area contributed by atoms with Crippen LogP contribution >= 0.6 is 11.3 Å². The van der Waals surface area contributed by atoms with Gasteiger partial charge in [0.25, 0.3) is 0 Å². The first-order valence-corrected chi connectivity index (χ1v) is 18.4. The van der Waals surface area contributed by atoms with E-state index in [0.717, 1.165) is 111 Å². The number of nitriles is 1. The summed E-state index contributed by atoms with van der Waals surface area (Å²) < 4.78 is 8.50. The van der Waals surface area contributed by atoms with Crippen molar-refractivity contribution in [2.24, 2.45) is 17.0 Å². The standard InChI is InChI=1S/C35H42N10O2S/c1-19(25-8-6-14-43(25)2)45-34-24(16-38-45)33(44-17-20-10-11-21(18-44)28(20)41-46-3)39-32(40-34)29-22-7-4-12-35(30(22)47-42-29)13-5-9-26-27(35)23(15-36)31(37)48-26/h16,19-21,25H,4-14,17-18,37H2,1-3H3/t19-,20?,21?,25-,35-/m0/s1. The van der Waals surface area contributed by atoms with Gasteiger partial charge in [-0.1, -0.05) is 10.3 Å². The summed E-state index contributed by atoms with van der Waals surface area (Å²) in [6, 6.07) is 2.97. The average Bonchev–Trinajstić information content (AvgIpc) is 3.91. The van der Waals surface area contributed by atoms with Crippen molar-refractivity contribution in [1.82, 2.24) is 29.8 Å². The summed E-state index contributed by atoms with van der Waals surface area (Å²) in [4.78, 5) is 21.9. The second kappa shape index (κ2) is 11.3. The number of hydrogen-bond acceptors (Lipinski definition) is 12. The average molecular weight is 667 g/mol. The van der Waals surface area contributed by atoms with Crippen molar-refractivity contribution in [3.05, 3.63) is 33.5 Å². The van der Waals surface area contributed by atoms with Gasteiger partial charge in [0.1, 0.15) is 24.0 Å². The summed E-state index contributed by atoms with van der Waals surface area (Å²) in [5.41, 5.74) is 11.5. The van der Waals surface area contributed by atoms with Gasteiger partial charge in [0.05, 0.1) is 34.3 Å². The maximum Gasteiger partial charge on any atom is 0.186 e. The molecule has 12 nitrogen and oxygen atoms in total. The molecule has 2 aliphatic heterocycles. The zero-order valence-electron chi connectivity index (χ0n) is 27.9. The molecule has 3 aliphatic carbocycles. The SMILES string of the molecule is CON=C1C2CCC1CN(c1nc(-c3noc4c3CCC[C@@]43CCCc4sc(N)c(C#N)c43)nc3c1cnn3[C@@H](C)[C@@H]1CCCN1C)C2. The molecule has 250 valence electrons. The number of fused-ring (bicyclic) bond motifs is 7. The van der Waals surface area contributed by atoms with E-state index in [2.05, 4.69) is 39.7 Å². The minimum absolute atomic E-state index is 0.146. The number of thiophene rings is 1. The van der Waals surface area contributed by atoms with Crippen LogP contribution < -0.4 is 10.6 Å². The van der Waals surface area contributed by atoms with Gasteiger partial charge in [0.15, 0.2) is 22.9 Å². The minimum Gasteiger partial charge on any atom is -0.399 e. The van der Waals surface area contributed by atoms with Gasteiger partial charge in [-0.3, -0.25) is 0 Å². The highest BCUT2D eigenvalue weighted by Crippen LogP contribution is 2.55. The fraction of sp³-hybridized carbons (Fsp3) is 0.600. The summed E-state index contributed by atoms with van der Waals surface area (Å²) in [5.74, 6) is 3.03. The summed E-state index contributed by atoms with van der Waals surface area (Å²) in [6.45, 7) is 5.02. The topological polar surface area (TPSA) is 148 Å². The van der Waals surface area contributed by atoms with E-state index in [-0.39, 0.29) is 6.04 Å². The Labute approximate surface area is 283 Å². The molecule has 0 aromatic carbocycles. The molecule has 0 amide bonds. The van der Waals surface area contributed by atoms with Crippen LogP contribution in [0.15, 0.2) is 15.9 Å². The zero-order valence-corrected chi connectivity index (χ0v) is 28.7. The van der Waals surface area contributed by atoms with Crippen molar-refractivity contribution in [2.75, 3.05) is 44.4 Å². The molecular weight excluding hydrogens is 625 g/mol. The number of nitrogen functional groups attached to an aromatic ring is 1. The molecular formula is C35H42N10O2S. The van der Waals surface area contributed by atoms with Crippen molar-refractivity contribution < 1.29 is 9.36 Å². The molecule has 9 rings (SSSR count). The maximum absolute atomic E-state index is 10.2. The number of nitrogens with two attached hydrogens (primary N) is 1. The fourth-order valence-corrected chi connectivity index (χ4v) is 11.1. The van der Waals surface area contributed by atoms with Gasteiger partial charge in [-0.25, -0.2) is 14.6 Å². The highest BCUT2D eigenvalue weighted by molar-refractivity contribution is 7.16. The monoisotopic (exact) mass is 666 g/mol. The van der Waals surface area contributed by atoms with Crippen LogP contribution in [0.1, 0.15) is 91.7 Å². The maximum atomic E-state index is 10.2. The molecule has 2 saturated heterocycles. The predicted octanol–water partition coefficient (Wildman–Crippen LogP) is 5.46. The van der Waals surface area contributed by atoms with Crippen molar-refractivity contribution in [3.63, 3.8) is 0 Å². The van der Waals surface area contributed by atoms with E-state index in [1.807, 2.05) is 6.20 Å². The number of piperidine rings is 1. The van der Waals surface area contributed by atoms with Crippen LogP contribution in [0, 0.1) is 23.2 Å².